The quantitative estimate of drug-likeness (QED) is 0.907. The molecule has 1 aliphatic rings. The molecular formula is C13H18ClNO2S. The largest absolute Gasteiger partial charge is 0.493 e. The van der Waals surface area contributed by atoms with Gasteiger partial charge in [-0.05, 0) is 39.0 Å². The van der Waals surface area contributed by atoms with E-state index in [0.29, 0.717) is 11.6 Å². The lowest BCUT2D eigenvalue weighted by Gasteiger charge is -2.29. The van der Waals surface area contributed by atoms with Crippen molar-refractivity contribution < 1.29 is 8.95 Å². The van der Waals surface area contributed by atoms with Crippen molar-refractivity contribution in [3.8, 4) is 5.75 Å². The van der Waals surface area contributed by atoms with Gasteiger partial charge >= 0.3 is 0 Å². The van der Waals surface area contributed by atoms with Crippen molar-refractivity contribution >= 4 is 22.6 Å². The van der Waals surface area contributed by atoms with Crippen molar-refractivity contribution in [1.82, 2.24) is 4.72 Å². The third kappa shape index (κ3) is 3.05. The van der Waals surface area contributed by atoms with Crippen molar-refractivity contribution in [3.05, 3.63) is 28.8 Å². The van der Waals surface area contributed by atoms with E-state index in [1.54, 1.807) is 0 Å². The van der Waals surface area contributed by atoms with Crippen LogP contribution in [0.4, 0.5) is 0 Å². The molecule has 0 saturated heterocycles. The molecule has 0 bridgehead atoms. The van der Waals surface area contributed by atoms with E-state index in [0.717, 1.165) is 17.7 Å². The lowest BCUT2D eigenvalue weighted by molar-refractivity contribution is 0.263. The van der Waals surface area contributed by atoms with E-state index in [1.165, 1.54) is 0 Å². The van der Waals surface area contributed by atoms with Crippen LogP contribution in [0.5, 0.6) is 5.75 Å². The molecule has 0 spiro atoms. The Morgan fingerprint density at radius 2 is 2.17 bits per heavy atom. The van der Waals surface area contributed by atoms with Crippen molar-refractivity contribution in [2.24, 2.45) is 0 Å². The van der Waals surface area contributed by atoms with Crippen molar-refractivity contribution in [3.63, 3.8) is 0 Å². The molecule has 0 unspecified atom stereocenters. The minimum atomic E-state index is -1.10. The molecule has 100 valence electrons. The fraction of sp³-hybridized carbons (Fsp3) is 0.538. The van der Waals surface area contributed by atoms with Crippen LogP contribution in [0.3, 0.4) is 0 Å². The van der Waals surface area contributed by atoms with E-state index in [-0.39, 0.29) is 10.8 Å². The number of halogens is 1. The first-order valence-corrected chi connectivity index (χ1v) is 7.51. The highest BCUT2D eigenvalue weighted by molar-refractivity contribution is 7.84. The van der Waals surface area contributed by atoms with E-state index in [2.05, 4.69) is 4.72 Å². The molecule has 0 amide bonds. The van der Waals surface area contributed by atoms with E-state index in [1.807, 2.05) is 39.0 Å². The Balaban J connectivity index is 2.22. The molecule has 5 heteroatoms. The lowest BCUT2D eigenvalue weighted by Crippen LogP contribution is -2.37. The summed E-state index contributed by atoms with van der Waals surface area (Å²) in [5.41, 5.74) is 0.992. The Labute approximate surface area is 115 Å². The molecule has 3 nitrogen and oxygen atoms in total. The topological polar surface area (TPSA) is 38.3 Å². The Hall–Kier alpha value is -0.580. The summed E-state index contributed by atoms with van der Waals surface area (Å²) in [5, 5.41) is 0.674. The van der Waals surface area contributed by atoms with Gasteiger partial charge in [-0.25, -0.2) is 8.93 Å². The minimum Gasteiger partial charge on any atom is -0.493 e. The molecule has 0 aromatic heterocycles. The fourth-order valence-electron chi connectivity index (χ4n) is 1.79. The average molecular weight is 288 g/mol. The number of rotatable bonds is 2. The summed E-state index contributed by atoms with van der Waals surface area (Å²) in [6.45, 7) is 6.49. The number of hydrogen-bond acceptors (Lipinski definition) is 2. The standard InChI is InChI=1S/C13H18ClNO2S/c1-13(2,3)18(16)15-11-6-7-17-12-5-4-9(14)8-10(11)12/h4-5,8,11,15H,6-7H2,1-3H3/t11-,18-/m1/s1. The van der Waals surface area contributed by atoms with Crippen molar-refractivity contribution in [2.45, 2.75) is 38.0 Å². The molecule has 0 fully saturated rings. The predicted molar refractivity (Wildman–Crippen MR) is 75.3 cm³/mol. The highest BCUT2D eigenvalue weighted by Crippen LogP contribution is 2.34. The van der Waals surface area contributed by atoms with Gasteiger partial charge in [-0.2, -0.15) is 0 Å². The maximum absolute atomic E-state index is 12.2. The first kappa shape index (κ1) is 13.8. The second kappa shape index (κ2) is 5.19. The zero-order valence-electron chi connectivity index (χ0n) is 10.8. The van der Waals surface area contributed by atoms with Crippen LogP contribution in [-0.2, 0) is 11.0 Å². The fourth-order valence-corrected chi connectivity index (χ4v) is 2.83. The van der Waals surface area contributed by atoms with E-state index < -0.39 is 11.0 Å². The number of benzene rings is 1. The molecule has 1 N–H and O–H groups in total. The van der Waals surface area contributed by atoms with Crippen LogP contribution in [0.25, 0.3) is 0 Å². The molecule has 1 heterocycles. The summed E-state index contributed by atoms with van der Waals surface area (Å²) in [7, 11) is -1.10. The molecule has 0 aliphatic carbocycles. The summed E-state index contributed by atoms with van der Waals surface area (Å²) in [6, 6.07) is 5.59. The van der Waals surface area contributed by atoms with Gasteiger partial charge in [0.2, 0.25) is 0 Å². The van der Waals surface area contributed by atoms with Gasteiger partial charge in [-0.3, -0.25) is 0 Å². The van der Waals surface area contributed by atoms with Gasteiger partial charge in [0.25, 0.3) is 0 Å². The van der Waals surface area contributed by atoms with E-state index >= 15 is 0 Å². The van der Waals surface area contributed by atoms with Gasteiger partial charge in [-0.15, -0.1) is 0 Å². The van der Waals surface area contributed by atoms with Gasteiger partial charge in [0.15, 0.2) is 0 Å². The summed E-state index contributed by atoms with van der Waals surface area (Å²) >= 11 is 6.01. The molecule has 18 heavy (non-hydrogen) atoms. The highest BCUT2D eigenvalue weighted by Gasteiger charge is 2.27. The molecule has 1 aliphatic heterocycles. The highest BCUT2D eigenvalue weighted by atomic mass is 35.5. The van der Waals surface area contributed by atoms with Gasteiger partial charge in [0, 0.05) is 17.0 Å². The maximum atomic E-state index is 12.2. The first-order valence-electron chi connectivity index (χ1n) is 5.98. The summed E-state index contributed by atoms with van der Waals surface area (Å²) in [5.74, 6) is 0.828. The van der Waals surface area contributed by atoms with Gasteiger partial charge < -0.3 is 4.74 Å². The van der Waals surface area contributed by atoms with E-state index in [4.69, 9.17) is 16.3 Å². The minimum absolute atomic E-state index is 0.0347. The van der Waals surface area contributed by atoms with Gasteiger partial charge in [0.05, 0.1) is 28.4 Å². The third-order valence-electron chi connectivity index (χ3n) is 2.82. The van der Waals surface area contributed by atoms with Crippen LogP contribution in [0.2, 0.25) is 5.02 Å². The van der Waals surface area contributed by atoms with Crippen LogP contribution >= 0.6 is 11.6 Å². The molecule has 0 radical (unpaired) electrons. The average Bonchev–Trinajstić information content (AvgIpc) is 2.28. The number of ether oxygens (including phenoxy) is 1. The van der Waals surface area contributed by atoms with Crippen molar-refractivity contribution in [2.75, 3.05) is 6.61 Å². The Bertz CT molecular complexity index is 471. The first-order chi connectivity index (χ1) is 8.38. The number of nitrogens with one attached hydrogen (secondary N) is 1. The predicted octanol–water partition coefficient (Wildman–Crippen LogP) is 3.22. The molecule has 2 rings (SSSR count). The van der Waals surface area contributed by atoms with Crippen LogP contribution in [0, 0.1) is 0 Å². The zero-order chi connectivity index (χ0) is 13.3. The summed E-state index contributed by atoms with van der Waals surface area (Å²) in [6.07, 6.45) is 0.801. The summed E-state index contributed by atoms with van der Waals surface area (Å²) < 4.78 is 20.6. The van der Waals surface area contributed by atoms with Gasteiger partial charge in [-0.1, -0.05) is 11.6 Å². The van der Waals surface area contributed by atoms with Crippen LogP contribution in [0.15, 0.2) is 18.2 Å². The molecule has 1 aromatic carbocycles. The molecule has 0 saturated carbocycles. The van der Waals surface area contributed by atoms with Gasteiger partial charge in [0.1, 0.15) is 5.75 Å². The van der Waals surface area contributed by atoms with E-state index in [9.17, 15) is 4.21 Å². The number of fused-ring (bicyclic) bond motifs is 1. The smallest absolute Gasteiger partial charge is 0.124 e. The Morgan fingerprint density at radius 3 is 2.83 bits per heavy atom. The Kier molecular flexibility index (Phi) is 3.99. The SMILES string of the molecule is CC(C)(C)[S@@](=O)N[C@@H]1CCOc2ccc(Cl)cc21. The third-order valence-corrected chi connectivity index (χ3v) is 4.66. The second-order valence-electron chi connectivity index (χ2n) is 5.37. The monoisotopic (exact) mass is 287 g/mol. The molecule has 1 aromatic rings. The maximum Gasteiger partial charge on any atom is 0.124 e. The number of hydrogen-bond donors (Lipinski definition) is 1. The normalized spacial score (nSPS) is 21.0. The molecule has 2 atom stereocenters. The van der Waals surface area contributed by atoms with Crippen LogP contribution < -0.4 is 9.46 Å². The zero-order valence-corrected chi connectivity index (χ0v) is 12.4. The second-order valence-corrected chi connectivity index (χ2v) is 7.81. The Morgan fingerprint density at radius 1 is 1.44 bits per heavy atom. The summed E-state index contributed by atoms with van der Waals surface area (Å²) in [4.78, 5) is 0. The van der Waals surface area contributed by atoms with Crippen molar-refractivity contribution in [1.29, 1.82) is 0 Å². The van der Waals surface area contributed by atoms with Crippen LogP contribution in [0.1, 0.15) is 38.8 Å². The molecular weight excluding hydrogens is 270 g/mol. The lowest BCUT2D eigenvalue weighted by atomic mass is 10.0. The van der Waals surface area contributed by atoms with Crippen LogP contribution in [-0.4, -0.2) is 15.6 Å².